The first-order valence-corrected chi connectivity index (χ1v) is 4.33. The van der Waals surface area contributed by atoms with Crippen molar-refractivity contribution in [3.63, 3.8) is 0 Å². The second-order valence-corrected chi connectivity index (χ2v) is 3.41. The van der Waals surface area contributed by atoms with Crippen LogP contribution in [0.25, 0.3) is 10.9 Å². The molecule has 13 heavy (non-hydrogen) atoms. The molecule has 0 aliphatic rings. The number of fused-ring (bicyclic) bond motifs is 1. The molecule has 0 saturated heterocycles. The van der Waals surface area contributed by atoms with Crippen molar-refractivity contribution < 1.29 is 9.90 Å². The molecule has 2 aromatic rings. The maximum Gasteiger partial charge on any atom is 0.339 e. The molecule has 5 heteroatoms. The number of pyridine rings is 1. The van der Waals surface area contributed by atoms with Gasteiger partial charge < -0.3 is 10.1 Å². The molecule has 0 atom stereocenters. The van der Waals surface area contributed by atoms with Crippen LogP contribution in [0.5, 0.6) is 0 Å². The number of nitrogens with zero attached hydrogens (tertiary/aromatic N) is 1. The van der Waals surface area contributed by atoms with E-state index in [4.69, 9.17) is 5.11 Å². The molecule has 0 bridgehead atoms. The predicted molar refractivity (Wildman–Crippen MR) is 50.8 cm³/mol. The fraction of sp³-hybridized carbons (Fsp3) is 0. The molecule has 2 heterocycles. The van der Waals surface area contributed by atoms with E-state index in [1.165, 1.54) is 6.20 Å². The third-order valence-electron chi connectivity index (χ3n) is 1.78. The second-order valence-electron chi connectivity index (χ2n) is 2.55. The zero-order valence-electron chi connectivity index (χ0n) is 6.41. The van der Waals surface area contributed by atoms with E-state index in [2.05, 4.69) is 25.9 Å². The maximum absolute atomic E-state index is 10.7. The molecular formula is C8H5BrN2O2. The van der Waals surface area contributed by atoms with Crippen LogP contribution >= 0.6 is 15.9 Å². The van der Waals surface area contributed by atoms with Crippen LogP contribution in [0, 0.1) is 0 Å². The van der Waals surface area contributed by atoms with Gasteiger partial charge in [0.05, 0.1) is 5.52 Å². The van der Waals surface area contributed by atoms with Crippen molar-refractivity contribution in [1.29, 1.82) is 0 Å². The Bertz CT molecular complexity index is 478. The van der Waals surface area contributed by atoms with Crippen molar-refractivity contribution in [2.45, 2.75) is 0 Å². The molecule has 2 aromatic heterocycles. The lowest BCUT2D eigenvalue weighted by atomic mass is 10.2. The Labute approximate surface area is 81.7 Å². The van der Waals surface area contributed by atoms with Crippen molar-refractivity contribution in [1.82, 2.24) is 9.97 Å². The molecule has 0 aromatic carbocycles. The molecule has 0 spiro atoms. The van der Waals surface area contributed by atoms with E-state index in [0.29, 0.717) is 5.52 Å². The Kier molecular flexibility index (Phi) is 1.81. The molecule has 0 aliphatic carbocycles. The molecule has 0 amide bonds. The third-order valence-corrected chi connectivity index (χ3v) is 2.43. The average Bonchev–Trinajstić information content (AvgIpc) is 2.48. The van der Waals surface area contributed by atoms with E-state index in [0.717, 1.165) is 9.86 Å². The van der Waals surface area contributed by atoms with E-state index in [9.17, 15) is 4.79 Å². The Balaban J connectivity index is 2.84. The second kappa shape index (κ2) is 2.85. The Morgan fingerprint density at radius 2 is 2.31 bits per heavy atom. The predicted octanol–water partition coefficient (Wildman–Crippen LogP) is 2.02. The summed E-state index contributed by atoms with van der Waals surface area (Å²) in [6.07, 6.45) is 4.63. The first-order chi connectivity index (χ1) is 6.20. The van der Waals surface area contributed by atoms with Gasteiger partial charge >= 0.3 is 5.97 Å². The summed E-state index contributed by atoms with van der Waals surface area (Å²) in [5, 5.41) is 9.59. The monoisotopic (exact) mass is 240 g/mol. The molecule has 0 unspecified atom stereocenters. The van der Waals surface area contributed by atoms with Gasteiger partial charge in [-0.05, 0) is 15.9 Å². The summed E-state index contributed by atoms with van der Waals surface area (Å²) in [7, 11) is 0. The highest BCUT2D eigenvalue weighted by Gasteiger charge is 2.11. The number of aromatic nitrogens is 2. The molecule has 0 aliphatic heterocycles. The van der Waals surface area contributed by atoms with Gasteiger partial charge in [-0.2, -0.15) is 0 Å². The van der Waals surface area contributed by atoms with Crippen LogP contribution in [0.15, 0.2) is 23.1 Å². The summed E-state index contributed by atoms with van der Waals surface area (Å²) >= 11 is 3.29. The number of carbonyl (C=O) groups is 1. The zero-order chi connectivity index (χ0) is 9.42. The molecule has 0 radical (unpaired) electrons. The fourth-order valence-electron chi connectivity index (χ4n) is 1.17. The molecule has 4 nitrogen and oxygen atoms in total. The van der Waals surface area contributed by atoms with Crippen LogP contribution in [0.4, 0.5) is 0 Å². The number of halogens is 1. The number of H-pyrrole nitrogens is 1. The van der Waals surface area contributed by atoms with E-state index in [1.54, 1.807) is 12.4 Å². The van der Waals surface area contributed by atoms with Crippen molar-refractivity contribution in [2.75, 3.05) is 0 Å². The molecule has 0 fully saturated rings. The third kappa shape index (κ3) is 1.21. The van der Waals surface area contributed by atoms with Gasteiger partial charge in [-0.1, -0.05) is 0 Å². The number of carboxylic acid groups (broad SMARTS) is 1. The van der Waals surface area contributed by atoms with Crippen LogP contribution in [0.1, 0.15) is 10.4 Å². The lowest BCUT2D eigenvalue weighted by Gasteiger charge is -1.95. The van der Waals surface area contributed by atoms with Crippen molar-refractivity contribution in [3.8, 4) is 0 Å². The van der Waals surface area contributed by atoms with Gasteiger partial charge in [0.15, 0.2) is 0 Å². The summed E-state index contributed by atoms with van der Waals surface area (Å²) in [6.45, 7) is 0. The lowest BCUT2D eigenvalue weighted by Crippen LogP contribution is -1.97. The van der Waals surface area contributed by atoms with E-state index >= 15 is 0 Å². The number of hydrogen-bond acceptors (Lipinski definition) is 2. The van der Waals surface area contributed by atoms with Gasteiger partial charge in [-0.3, -0.25) is 4.98 Å². The van der Waals surface area contributed by atoms with Gasteiger partial charge in [0.25, 0.3) is 0 Å². The van der Waals surface area contributed by atoms with Crippen LogP contribution in [-0.4, -0.2) is 21.0 Å². The molecule has 2 rings (SSSR count). The fourth-order valence-corrected chi connectivity index (χ4v) is 1.59. The van der Waals surface area contributed by atoms with E-state index < -0.39 is 5.97 Å². The Morgan fingerprint density at radius 1 is 1.54 bits per heavy atom. The first kappa shape index (κ1) is 8.25. The average molecular weight is 241 g/mol. The van der Waals surface area contributed by atoms with Crippen LogP contribution < -0.4 is 0 Å². The minimum absolute atomic E-state index is 0.184. The molecule has 2 N–H and O–H groups in total. The number of hydrogen-bond donors (Lipinski definition) is 2. The van der Waals surface area contributed by atoms with Gasteiger partial charge in [-0.15, -0.1) is 0 Å². The highest BCUT2D eigenvalue weighted by atomic mass is 79.9. The van der Waals surface area contributed by atoms with E-state index in [1.807, 2.05) is 0 Å². The van der Waals surface area contributed by atoms with Crippen molar-refractivity contribution in [3.05, 3.63) is 28.6 Å². The highest BCUT2D eigenvalue weighted by Crippen LogP contribution is 2.24. The van der Waals surface area contributed by atoms with Crippen LogP contribution in [-0.2, 0) is 0 Å². The summed E-state index contributed by atoms with van der Waals surface area (Å²) in [5.41, 5.74) is 0.776. The quantitative estimate of drug-likeness (QED) is 0.802. The van der Waals surface area contributed by atoms with Crippen LogP contribution in [0.3, 0.4) is 0 Å². The molecule has 0 saturated carbocycles. The highest BCUT2D eigenvalue weighted by molar-refractivity contribution is 9.10. The number of nitrogens with one attached hydrogen (secondary N) is 1. The van der Waals surface area contributed by atoms with Gasteiger partial charge in [0, 0.05) is 28.4 Å². The van der Waals surface area contributed by atoms with E-state index in [-0.39, 0.29) is 5.56 Å². The SMILES string of the molecule is O=C(O)c1cncc2c(Br)c[nH]c12. The number of carboxylic acids is 1. The van der Waals surface area contributed by atoms with Crippen molar-refractivity contribution in [2.24, 2.45) is 0 Å². The lowest BCUT2D eigenvalue weighted by molar-refractivity contribution is 0.0698. The number of aromatic carboxylic acids is 1. The number of rotatable bonds is 1. The minimum atomic E-state index is -0.979. The maximum atomic E-state index is 10.7. The molecule has 66 valence electrons. The molecular weight excluding hydrogens is 236 g/mol. The Hall–Kier alpha value is -1.36. The van der Waals surface area contributed by atoms with Crippen molar-refractivity contribution >= 4 is 32.8 Å². The largest absolute Gasteiger partial charge is 0.478 e. The normalized spacial score (nSPS) is 10.5. The van der Waals surface area contributed by atoms with Crippen LogP contribution in [0.2, 0.25) is 0 Å². The van der Waals surface area contributed by atoms with Gasteiger partial charge in [0.2, 0.25) is 0 Å². The summed E-state index contributed by atoms with van der Waals surface area (Å²) < 4.78 is 0.818. The first-order valence-electron chi connectivity index (χ1n) is 3.54. The smallest absolute Gasteiger partial charge is 0.339 e. The topological polar surface area (TPSA) is 66.0 Å². The van der Waals surface area contributed by atoms with Gasteiger partial charge in [0.1, 0.15) is 5.56 Å². The summed E-state index contributed by atoms with van der Waals surface area (Å²) in [6, 6.07) is 0. The standard InChI is InChI=1S/C8H5BrN2O2/c9-6-3-11-7-4(6)1-10-2-5(7)8(12)13/h1-3,11H,(H,12,13). The Morgan fingerprint density at radius 3 is 3.00 bits per heavy atom. The zero-order valence-corrected chi connectivity index (χ0v) is 8.00. The van der Waals surface area contributed by atoms with Gasteiger partial charge in [-0.25, -0.2) is 4.79 Å². The minimum Gasteiger partial charge on any atom is -0.478 e. The summed E-state index contributed by atoms with van der Waals surface area (Å²) in [5.74, 6) is -0.979. The summed E-state index contributed by atoms with van der Waals surface area (Å²) in [4.78, 5) is 17.5. The number of aromatic amines is 1.